The van der Waals surface area contributed by atoms with Crippen molar-refractivity contribution in [1.29, 1.82) is 0 Å². The molecule has 3 rings (SSSR count). The Morgan fingerprint density at radius 2 is 1.95 bits per heavy atom. The lowest BCUT2D eigenvalue weighted by Gasteiger charge is -2.39. The third kappa shape index (κ3) is 2.24. The molecule has 1 aliphatic heterocycles. The fourth-order valence-electron chi connectivity index (χ4n) is 2.34. The quantitative estimate of drug-likeness (QED) is 0.913. The number of aryl methyl sites for hydroxylation is 1. The van der Waals surface area contributed by atoms with E-state index in [2.05, 4.69) is 0 Å². The van der Waals surface area contributed by atoms with Crippen LogP contribution in [-0.2, 0) is 0 Å². The molecule has 1 amide bonds. The molecule has 0 atom stereocenters. The molecule has 0 unspecified atom stereocenters. The Balaban J connectivity index is 1.65. The molecule has 0 aliphatic carbocycles. The second kappa shape index (κ2) is 4.70. The van der Waals surface area contributed by atoms with E-state index in [9.17, 15) is 9.90 Å². The maximum absolute atomic E-state index is 12.2. The Labute approximate surface area is 116 Å². The first-order chi connectivity index (χ1) is 9.15. The molecule has 2 heterocycles. The van der Waals surface area contributed by atoms with Crippen LogP contribution in [0.2, 0.25) is 0 Å². The first kappa shape index (κ1) is 12.2. The number of phenols is 1. The summed E-state index contributed by atoms with van der Waals surface area (Å²) in [7, 11) is 0. The number of hydrogen-bond donors (Lipinski definition) is 1. The third-order valence-corrected chi connectivity index (χ3v) is 4.59. The van der Waals surface area contributed by atoms with E-state index in [1.165, 1.54) is 16.9 Å². The minimum atomic E-state index is 0.141. The number of carbonyl (C=O) groups excluding carboxylic acids is 1. The van der Waals surface area contributed by atoms with Crippen molar-refractivity contribution in [2.75, 3.05) is 13.1 Å². The molecule has 4 heteroatoms. The van der Waals surface area contributed by atoms with Crippen molar-refractivity contribution in [3.05, 3.63) is 51.7 Å². The van der Waals surface area contributed by atoms with Crippen molar-refractivity contribution in [3.63, 3.8) is 0 Å². The van der Waals surface area contributed by atoms with E-state index >= 15 is 0 Å². The number of rotatable bonds is 2. The summed E-state index contributed by atoms with van der Waals surface area (Å²) in [6.45, 7) is 3.50. The highest BCUT2D eigenvalue weighted by Gasteiger charge is 2.33. The largest absolute Gasteiger partial charge is 0.508 e. The summed E-state index contributed by atoms with van der Waals surface area (Å²) in [5.74, 6) is 0.817. The number of thiophene rings is 1. The molecular weight excluding hydrogens is 258 g/mol. The van der Waals surface area contributed by atoms with Gasteiger partial charge in [0.2, 0.25) is 0 Å². The number of aromatic hydroxyl groups is 1. The monoisotopic (exact) mass is 273 g/mol. The van der Waals surface area contributed by atoms with Gasteiger partial charge < -0.3 is 10.0 Å². The van der Waals surface area contributed by atoms with Crippen LogP contribution >= 0.6 is 11.3 Å². The van der Waals surface area contributed by atoms with Crippen LogP contribution in [0, 0.1) is 6.92 Å². The summed E-state index contributed by atoms with van der Waals surface area (Å²) in [6.07, 6.45) is 0. The smallest absolute Gasteiger partial charge is 0.264 e. The van der Waals surface area contributed by atoms with Crippen molar-refractivity contribution in [3.8, 4) is 5.75 Å². The molecule has 0 radical (unpaired) electrons. The minimum Gasteiger partial charge on any atom is -0.508 e. The van der Waals surface area contributed by atoms with Crippen molar-refractivity contribution in [2.45, 2.75) is 12.8 Å². The number of likely N-dealkylation sites (tertiary alicyclic amines) is 1. The van der Waals surface area contributed by atoms with Crippen LogP contribution in [0.5, 0.6) is 5.75 Å². The molecule has 1 aromatic carbocycles. The van der Waals surface area contributed by atoms with E-state index in [0.29, 0.717) is 5.92 Å². The summed E-state index contributed by atoms with van der Waals surface area (Å²) in [6, 6.07) is 9.23. The number of phenolic OH excluding ortho intramolecular Hbond substituents is 1. The zero-order chi connectivity index (χ0) is 13.4. The SMILES string of the molecule is Cc1ccsc1C(=O)N1CC(c2ccc(O)cc2)C1. The second-order valence-electron chi connectivity index (χ2n) is 4.93. The molecule has 0 saturated carbocycles. The lowest BCUT2D eigenvalue weighted by atomic mass is 9.91. The van der Waals surface area contributed by atoms with Gasteiger partial charge in [-0.15, -0.1) is 11.3 Å². The van der Waals surface area contributed by atoms with Gasteiger partial charge in [-0.25, -0.2) is 0 Å². The van der Waals surface area contributed by atoms with Gasteiger partial charge in [-0.2, -0.15) is 0 Å². The van der Waals surface area contributed by atoms with E-state index in [4.69, 9.17) is 0 Å². The molecule has 1 aliphatic rings. The standard InChI is InChI=1S/C15H15NO2S/c1-10-6-7-19-14(10)15(18)16-8-12(9-16)11-2-4-13(17)5-3-11/h2-7,12,17H,8-9H2,1H3. The van der Waals surface area contributed by atoms with Gasteiger partial charge in [0.1, 0.15) is 5.75 Å². The van der Waals surface area contributed by atoms with Crippen LogP contribution in [-0.4, -0.2) is 29.0 Å². The highest BCUT2D eigenvalue weighted by atomic mass is 32.1. The van der Waals surface area contributed by atoms with Gasteiger partial charge >= 0.3 is 0 Å². The van der Waals surface area contributed by atoms with E-state index < -0.39 is 0 Å². The Morgan fingerprint density at radius 1 is 1.26 bits per heavy atom. The van der Waals surface area contributed by atoms with Crippen LogP contribution in [0.1, 0.15) is 26.7 Å². The summed E-state index contributed by atoms with van der Waals surface area (Å²) in [4.78, 5) is 15.0. The number of carbonyl (C=O) groups is 1. The van der Waals surface area contributed by atoms with Gasteiger partial charge in [0.15, 0.2) is 0 Å². The third-order valence-electron chi connectivity index (χ3n) is 3.59. The molecule has 3 nitrogen and oxygen atoms in total. The second-order valence-corrected chi connectivity index (χ2v) is 5.85. The molecule has 1 fully saturated rings. The summed E-state index contributed by atoms with van der Waals surface area (Å²) in [5, 5.41) is 11.2. The summed E-state index contributed by atoms with van der Waals surface area (Å²) < 4.78 is 0. The molecule has 1 saturated heterocycles. The predicted octanol–water partition coefficient (Wildman–Crippen LogP) is 3.00. The average Bonchev–Trinajstić information content (AvgIpc) is 2.76. The predicted molar refractivity (Wildman–Crippen MR) is 75.8 cm³/mol. The molecule has 2 aromatic rings. The topological polar surface area (TPSA) is 40.5 Å². The van der Waals surface area contributed by atoms with Gasteiger partial charge in [0, 0.05) is 19.0 Å². The van der Waals surface area contributed by atoms with Crippen LogP contribution in [0.3, 0.4) is 0 Å². The van der Waals surface area contributed by atoms with Gasteiger partial charge in [-0.1, -0.05) is 12.1 Å². The Kier molecular flexibility index (Phi) is 3.03. The van der Waals surface area contributed by atoms with Crippen LogP contribution < -0.4 is 0 Å². The fraction of sp³-hybridized carbons (Fsp3) is 0.267. The molecule has 0 spiro atoms. The molecule has 1 aromatic heterocycles. The van der Waals surface area contributed by atoms with E-state index in [0.717, 1.165) is 23.5 Å². The number of nitrogens with zero attached hydrogens (tertiary/aromatic N) is 1. The zero-order valence-electron chi connectivity index (χ0n) is 10.7. The normalized spacial score (nSPS) is 15.3. The van der Waals surface area contributed by atoms with Crippen LogP contribution in [0.15, 0.2) is 35.7 Å². The summed E-state index contributed by atoms with van der Waals surface area (Å²) in [5.41, 5.74) is 2.24. The van der Waals surface area contributed by atoms with E-state index in [-0.39, 0.29) is 11.7 Å². The number of benzene rings is 1. The minimum absolute atomic E-state index is 0.141. The number of amides is 1. The molecule has 98 valence electrons. The fourth-order valence-corrected chi connectivity index (χ4v) is 3.23. The highest BCUT2D eigenvalue weighted by molar-refractivity contribution is 7.12. The summed E-state index contributed by atoms with van der Waals surface area (Å²) >= 11 is 1.51. The van der Waals surface area contributed by atoms with Crippen molar-refractivity contribution < 1.29 is 9.90 Å². The lowest BCUT2D eigenvalue weighted by Crippen LogP contribution is -2.48. The highest BCUT2D eigenvalue weighted by Crippen LogP contribution is 2.30. The average molecular weight is 273 g/mol. The van der Waals surface area contributed by atoms with Gasteiger partial charge in [-0.05, 0) is 41.6 Å². The van der Waals surface area contributed by atoms with Crippen molar-refractivity contribution in [1.82, 2.24) is 4.90 Å². The van der Waals surface area contributed by atoms with Gasteiger partial charge in [0.25, 0.3) is 5.91 Å². The number of hydrogen-bond acceptors (Lipinski definition) is 3. The van der Waals surface area contributed by atoms with Gasteiger partial charge in [-0.3, -0.25) is 4.79 Å². The van der Waals surface area contributed by atoms with Gasteiger partial charge in [0.05, 0.1) is 4.88 Å². The molecule has 1 N–H and O–H groups in total. The molecule has 19 heavy (non-hydrogen) atoms. The maximum Gasteiger partial charge on any atom is 0.264 e. The Bertz CT molecular complexity index is 597. The Hall–Kier alpha value is -1.81. The van der Waals surface area contributed by atoms with Crippen molar-refractivity contribution >= 4 is 17.2 Å². The maximum atomic E-state index is 12.2. The Morgan fingerprint density at radius 3 is 2.53 bits per heavy atom. The first-order valence-corrected chi connectivity index (χ1v) is 7.15. The lowest BCUT2D eigenvalue weighted by molar-refractivity contribution is 0.0606. The van der Waals surface area contributed by atoms with Crippen LogP contribution in [0.4, 0.5) is 0 Å². The van der Waals surface area contributed by atoms with Crippen molar-refractivity contribution in [2.24, 2.45) is 0 Å². The van der Waals surface area contributed by atoms with E-state index in [1.807, 2.05) is 35.4 Å². The first-order valence-electron chi connectivity index (χ1n) is 6.27. The molecular formula is C15H15NO2S. The molecule has 0 bridgehead atoms. The van der Waals surface area contributed by atoms with Crippen LogP contribution in [0.25, 0.3) is 0 Å². The van der Waals surface area contributed by atoms with E-state index in [1.54, 1.807) is 12.1 Å². The zero-order valence-corrected chi connectivity index (χ0v) is 11.5.